The van der Waals surface area contributed by atoms with E-state index in [2.05, 4.69) is 24.0 Å². The van der Waals surface area contributed by atoms with Crippen LogP contribution in [0.25, 0.3) is 0 Å². The van der Waals surface area contributed by atoms with E-state index in [9.17, 15) is 9.59 Å². The van der Waals surface area contributed by atoms with Crippen LogP contribution < -0.4 is 0 Å². The number of hydrogen-bond acceptors (Lipinski definition) is 4. The van der Waals surface area contributed by atoms with Crippen LogP contribution >= 0.6 is 0 Å². The molecule has 0 N–H and O–H groups in total. The van der Waals surface area contributed by atoms with Crippen LogP contribution in [0.4, 0.5) is 4.39 Å². The van der Waals surface area contributed by atoms with E-state index in [4.69, 9.17) is 4.74 Å². The van der Waals surface area contributed by atoms with Gasteiger partial charge >= 0.3 is 5.97 Å². The number of carbonyl (C=O) groups excluding carboxylic acids is 2. The topological polar surface area (TPSA) is 49.9 Å². The number of likely N-dealkylation sites (tertiary alicyclic amines) is 2. The molecule has 3 fully saturated rings. The molecule has 1 amide bonds. The Morgan fingerprint density at radius 1 is 1.17 bits per heavy atom. The van der Waals surface area contributed by atoms with Crippen LogP contribution in [-0.2, 0) is 14.3 Å². The van der Waals surface area contributed by atoms with Gasteiger partial charge in [-0.1, -0.05) is 30.3 Å². The molecular weight excluding hydrogens is 371 g/mol. The summed E-state index contributed by atoms with van der Waals surface area (Å²) in [6.45, 7) is 3.95. The SMILES string of the molecule is C[C@H](c1ccccc1)N1CC[C@](F)(COC(=O)[C@@H]2CCCN(C(=O)C3CC3)C2)C1. The summed E-state index contributed by atoms with van der Waals surface area (Å²) in [7, 11) is 0. The van der Waals surface area contributed by atoms with Gasteiger partial charge in [0.05, 0.1) is 5.92 Å². The van der Waals surface area contributed by atoms with Crippen molar-refractivity contribution in [1.82, 2.24) is 9.80 Å². The molecule has 6 heteroatoms. The van der Waals surface area contributed by atoms with Crippen LogP contribution in [-0.4, -0.2) is 60.1 Å². The fourth-order valence-corrected chi connectivity index (χ4v) is 4.53. The normalized spacial score (nSPS) is 28.9. The minimum Gasteiger partial charge on any atom is -0.462 e. The van der Waals surface area contributed by atoms with E-state index >= 15 is 4.39 Å². The zero-order valence-corrected chi connectivity index (χ0v) is 17.2. The van der Waals surface area contributed by atoms with E-state index in [-0.39, 0.29) is 42.9 Å². The highest BCUT2D eigenvalue weighted by Crippen LogP contribution is 2.34. The van der Waals surface area contributed by atoms with Crippen molar-refractivity contribution in [2.75, 3.05) is 32.8 Å². The van der Waals surface area contributed by atoms with Crippen molar-refractivity contribution in [3.8, 4) is 0 Å². The van der Waals surface area contributed by atoms with E-state index in [1.165, 1.54) is 0 Å². The summed E-state index contributed by atoms with van der Waals surface area (Å²) >= 11 is 0. The van der Waals surface area contributed by atoms with Gasteiger partial charge in [-0.2, -0.15) is 0 Å². The first-order chi connectivity index (χ1) is 14.0. The number of rotatable bonds is 6. The van der Waals surface area contributed by atoms with Crippen molar-refractivity contribution in [1.29, 1.82) is 0 Å². The first-order valence-corrected chi connectivity index (χ1v) is 10.9. The zero-order chi connectivity index (χ0) is 20.4. The molecule has 0 aromatic heterocycles. The lowest BCUT2D eigenvalue weighted by Gasteiger charge is -2.32. The molecule has 4 rings (SSSR count). The van der Waals surface area contributed by atoms with Gasteiger partial charge in [-0.25, -0.2) is 4.39 Å². The number of carbonyl (C=O) groups is 2. The second-order valence-electron chi connectivity index (χ2n) is 8.96. The van der Waals surface area contributed by atoms with Gasteiger partial charge in [0.2, 0.25) is 5.91 Å². The van der Waals surface area contributed by atoms with Gasteiger partial charge in [-0.15, -0.1) is 0 Å². The lowest BCUT2D eigenvalue weighted by Crippen LogP contribution is -2.44. The van der Waals surface area contributed by atoms with Crippen molar-refractivity contribution in [2.24, 2.45) is 11.8 Å². The van der Waals surface area contributed by atoms with Crippen LogP contribution in [0.1, 0.15) is 50.6 Å². The number of piperidine rings is 1. The van der Waals surface area contributed by atoms with E-state index in [0.717, 1.165) is 31.4 Å². The molecule has 0 spiro atoms. The van der Waals surface area contributed by atoms with Gasteiger partial charge in [0.1, 0.15) is 6.61 Å². The number of alkyl halides is 1. The molecule has 3 atom stereocenters. The Labute approximate surface area is 172 Å². The quantitative estimate of drug-likeness (QED) is 0.685. The first-order valence-electron chi connectivity index (χ1n) is 10.9. The number of ether oxygens (including phenoxy) is 1. The van der Waals surface area contributed by atoms with Crippen molar-refractivity contribution in [2.45, 2.75) is 50.7 Å². The molecule has 3 aliphatic rings. The number of esters is 1. The summed E-state index contributed by atoms with van der Waals surface area (Å²) in [4.78, 5) is 28.7. The molecule has 1 aromatic rings. The molecule has 0 bridgehead atoms. The molecule has 2 heterocycles. The lowest BCUT2D eigenvalue weighted by atomic mass is 9.97. The Morgan fingerprint density at radius 2 is 1.93 bits per heavy atom. The van der Waals surface area contributed by atoms with Crippen molar-refractivity contribution >= 4 is 11.9 Å². The lowest BCUT2D eigenvalue weighted by molar-refractivity contribution is -0.155. The summed E-state index contributed by atoms with van der Waals surface area (Å²) in [5.41, 5.74) is -0.340. The molecule has 29 heavy (non-hydrogen) atoms. The molecule has 158 valence electrons. The standard InChI is InChI=1S/C23H31FN2O3/c1-17(18-6-3-2-4-7-18)26-13-11-23(24,15-26)16-29-22(28)20-8-5-12-25(14-20)21(27)19-9-10-19/h2-4,6-7,17,19-20H,5,8-16H2,1H3/t17-,20-,23-/m1/s1. The van der Waals surface area contributed by atoms with Gasteiger partial charge in [0, 0.05) is 38.1 Å². The highest BCUT2D eigenvalue weighted by atomic mass is 19.1. The second-order valence-corrected chi connectivity index (χ2v) is 8.96. The molecule has 1 aromatic carbocycles. The maximum absolute atomic E-state index is 15.3. The molecule has 5 nitrogen and oxygen atoms in total. The number of benzene rings is 1. The maximum atomic E-state index is 15.3. The summed E-state index contributed by atoms with van der Waals surface area (Å²) in [5.74, 6) is -0.346. The van der Waals surface area contributed by atoms with Gasteiger partial charge in [0.25, 0.3) is 0 Å². The first kappa shape index (κ1) is 20.3. The van der Waals surface area contributed by atoms with Crippen LogP contribution in [0.3, 0.4) is 0 Å². The van der Waals surface area contributed by atoms with Crippen LogP contribution in [0.5, 0.6) is 0 Å². The van der Waals surface area contributed by atoms with E-state index < -0.39 is 5.67 Å². The Kier molecular flexibility index (Phi) is 5.91. The van der Waals surface area contributed by atoms with E-state index in [1.807, 2.05) is 18.2 Å². The Bertz CT molecular complexity index is 739. The summed E-state index contributed by atoms with van der Waals surface area (Å²) < 4.78 is 20.7. The fourth-order valence-electron chi connectivity index (χ4n) is 4.53. The highest BCUT2D eigenvalue weighted by Gasteiger charge is 2.42. The number of amides is 1. The summed E-state index contributed by atoms with van der Waals surface area (Å²) in [6.07, 6.45) is 3.82. The fraction of sp³-hybridized carbons (Fsp3) is 0.652. The average Bonchev–Trinajstić information content (AvgIpc) is 3.54. The largest absolute Gasteiger partial charge is 0.462 e. The predicted molar refractivity (Wildman–Crippen MR) is 108 cm³/mol. The molecule has 2 saturated heterocycles. The number of halogens is 1. The van der Waals surface area contributed by atoms with E-state index in [0.29, 0.717) is 25.9 Å². The van der Waals surface area contributed by atoms with Gasteiger partial charge in [-0.3, -0.25) is 14.5 Å². The Morgan fingerprint density at radius 3 is 2.66 bits per heavy atom. The van der Waals surface area contributed by atoms with Crippen LogP contribution in [0.15, 0.2) is 30.3 Å². The van der Waals surface area contributed by atoms with Crippen molar-refractivity contribution in [3.63, 3.8) is 0 Å². The molecule has 0 radical (unpaired) electrons. The number of nitrogens with zero attached hydrogens (tertiary/aromatic N) is 2. The summed E-state index contributed by atoms with van der Waals surface area (Å²) in [6, 6.07) is 10.2. The Balaban J connectivity index is 1.27. The van der Waals surface area contributed by atoms with Gasteiger partial charge < -0.3 is 9.64 Å². The van der Waals surface area contributed by atoms with Crippen molar-refractivity contribution in [3.05, 3.63) is 35.9 Å². The monoisotopic (exact) mass is 402 g/mol. The minimum absolute atomic E-state index is 0.130. The average molecular weight is 403 g/mol. The molecule has 2 aliphatic heterocycles. The third-order valence-corrected chi connectivity index (χ3v) is 6.63. The molecular formula is C23H31FN2O3. The van der Waals surface area contributed by atoms with Gasteiger partial charge in [0.15, 0.2) is 5.67 Å². The molecule has 1 saturated carbocycles. The van der Waals surface area contributed by atoms with Gasteiger partial charge in [-0.05, 0) is 44.6 Å². The minimum atomic E-state index is -1.50. The third kappa shape index (κ3) is 4.80. The van der Waals surface area contributed by atoms with E-state index in [1.54, 1.807) is 4.90 Å². The highest BCUT2D eigenvalue weighted by molar-refractivity contribution is 5.82. The molecule has 1 aliphatic carbocycles. The maximum Gasteiger partial charge on any atom is 0.310 e. The third-order valence-electron chi connectivity index (χ3n) is 6.63. The summed E-state index contributed by atoms with van der Waals surface area (Å²) in [5, 5.41) is 0. The second kappa shape index (κ2) is 8.42. The smallest absolute Gasteiger partial charge is 0.310 e. The van der Waals surface area contributed by atoms with Crippen LogP contribution in [0, 0.1) is 11.8 Å². The predicted octanol–water partition coefficient (Wildman–Crippen LogP) is 3.35. The Hall–Kier alpha value is -1.95. The zero-order valence-electron chi connectivity index (χ0n) is 17.2. The molecule has 0 unspecified atom stereocenters. The number of hydrogen-bond donors (Lipinski definition) is 0. The van der Waals surface area contributed by atoms with Crippen LogP contribution in [0.2, 0.25) is 0 Å². The van der Waals surface area contributed by atoms with Crippen molar-refractivity contribution < 1.29 is 18.7 Å².